The van der Waals surface area contributed by atoms with Gasteiger partial charge in [-0.25, -0.2) is 0 Å². The molecule has 0 aliphatic carbocycles. The zero-order chi connectivity index (χ0) is 12.2. The minimum Gasteiger partial charge on any atom is -0.373 e. The van der Waals surface area contributed by atoms with Crippen LogP contribution in [0.25, 0.3) is 0 Å². The Labute approximate surface area is 110 Å². The predicted molar refractivity (Wildman–Crippen MR) is 73.7 cm³/mol. The molecule has 1 N–H and O–H groups in total. The smallest absolute Gasteiger partial charge is 0.0827 e. The highest BCUT2D eigenvalue weighted by Crippen LogP contribution is 2.32. The van der Waals surface area contributed by atoms with E-state index in [1.165, 1.54) is 49.9 Å². The maximum Gasteiger partial charge on any atom is 0.0827 e. The zero-order valence-corrected chi connectivity index (χ0v) is 11.0. The van der Waals surface area contributed by atoms with Crippen LogP contribution in [0.3, 0.4) is 0 Å². The van der Waals surface area contributed by atoms with Crippen molar-refractivity contribution < 1.29 is 4.74 Å². The third-order valence-electron chi connectivity index (χ3n) is 4.39. The molecule has 1 saturated heterocycles. The van der Waals surface area contributed by atoms with E-state index in [9.17, 15) is 0 Å². The van der Waals surface area contributed by atoms with E-state index >= 15 is 0 Å². The topological polar surface area (TPSA) is 21.3 Å². The van der Waals surface area contributed by atoms with E-state index in [-0.39, 0.29) is 0 Å². The second-order valence-electron chi connectivity index (χ2n) is 5.58. The molecule has 1 aromatic carbocycles. The van der Waals surface area contributed by atoms with Crippen molar-refractivity contribution in [2.45, 2.75) is 38.2 Å². The number of hydrogen-bond acceptors (Lipinski definition) is 2. The first-order valence-corrected chi connectivity index (χ1v) is 7.33. The summed E-state index contributed by atoms with van der Waals surface area (Å²) in [5.74, 6) is 0.906. The van der Waals surface area contributed by atoms with Gasteiger partial charge in [-0.05, 0) is 62.2 Å². The van der Waals surface area contributed by atoms with Crippen LogP contribution in [0.2, 0.25) is 0 Å². The fraction of sp³-hybridized carbons (Fsp3) is 0.625. The van der Waals surface area contributed by atoms with Crippen LogP contribution < -0.4 is 5.32 Å². The standard InChI is InChI=1S/C16H23NO/c1-2-4-15-14(3-1)9-12-18-16(15)6-5-13-7-10-17-11-8-13/h1-4,13,16-17H,5-12H2. The van der Waals surface area contributed by atoms with Crippen molar-refractivity contribution in [1.29, 1.82) is 0 Å². The van der Waals surface area contributed by atoms with Crippen molar-refractivity contribution in [1.82, 2.24) is 5.32 Å². The molecule has 2 aliphatic rings. The van der Waals surface area contributed by atoms with Crippen LogP contribution in [0.1, 0.15) is 42.9 Å². The quantitative estimate of drug-likeness (QED) is 0.883. The Bertz CT molecular complexity index is 384. The van der Waals surface area contributed by atoms with Crippen molar-refractivity contribution in [2.75, 3.05) is 19.7 Å². The van der Waals surface area contributed by atoms with E-state index in [1.807, 2.05) is 0 Å². The summed E-state index contributed by atoms with van der Waals surface area (Å²) < 4.78 is 5.98. The fourth-order valence-corrected chi connectivity index (χ4v) is 3.27. The Morgan fingerprint density at radius 2 is 1.94 bits per heavy atom. The average molecular weight is 245 g/mol. The van der Waals surface area contributed by atoms with E-state index in [4.69, 9.17) is 4.74 Å². The first-order chi connectivity index (χ1) is 8.93. The Hall–Kier alpha value is -0.860. The summed E-state index contributed by atoms with van der Waals surface area (Å²) in [5.41, 5.74) is 2.94. The molecule has 2 heterocycles. The highest BCUT2D eigenvalue weighted by atomic mass is 16.5. The Kier molecular flexibility index (Phi) is 3.96. The molecule has 0 spiro atoms. The molecule has 2 nitrogen and oxygen atoms in total. The van der Waals surface area contributed by atoms with E-state index in [1.54, 1.807) is 0 Å². The molecular weight excluding hydrogens is 222 g/mol. The fourth-order valence-electron chi connectivity index (χ4n) is 3.27. The molecule has 1 atom stereocenters. The molecular formula is C16H23NO. The van der Waals surface area contributed by atoms with Crippen LogP contribution in [0.5, 0.6) is 0 Å². The largest absolute Gasteiger partial charge is 0.373 e. The number of benzene rings is 1. The summed E-state index contributed by atoms with van der Waals surface area (Å²) in [6.07, 6.45) is 6.63. The van der Waals surface area contributed by atoms with Crippen LogP contribution >= 0.6 is 0 Å². The molecule has 2 heteroatoms. The monoisotopic (exact) mass is 245 g/mol. The molecule has 0 radical (unpaired) electrons. The molecule has 0 saturated carbocycles. The minimum absolute atomic E-state index is 0.352. The second kappa shape index (κ2) is 5.85. The first kappa shape index (κ1) is 12.2. The number of piperidine rings is 1. The van der Waals surface area contributed by atoms with Gasteiger partial charge < -0.3 is 10.1 Å². The van der Waals surface area contributed by atoms with Gasteiger partial charge in [0.05, 0.1) is 12.7 Å². The number of hydrogen-bond donors (Lipinski definition) is 1. The van der Waals surface area contributed by atoms with Crippen LogP contribution in [0.4, 0.5) is 0 Å². The van der Waals surface area contributed by atoms with E-state index in [0.717, 1.165) is 18.9 Å². The van der Waals surface area contributed by atoms with Crippen molar-refractivity contribution in [3.63, 3.8) is 0 Å². The van der Waals surface area contributed by atoms with Gasteiger partial charge in [-0.1, -0.05) is 24.3 Å². The van der Waals surface area contributed by atoms with Crippen LogP contribution in [0, 0.1) is 5.92 Å². The van der Waals surface area contributed by atoms with Gasteiger partial charge in [0.15, 0.2) is 0 Å². The molecule has 2 aliphatic heterocycles. The van der Waals surface area contributed by atoms with Gasteiger partial charge >= 0.3 is 0 Å². The van der Waals surface area contributed by atoms with Gasteiger partial charge in [-0.3, -0.25) is 0 Å². The molecule has 1 aromatic rings. The lowest BCUT2D eigenvalue weighted by atomic mass is 9.88. The Balaban J connectivity index is 1.60. The zero-order valence-electron chi connectivity index (χ0n) is 11.0. The van der Waals surface area contributed by atoms with Crippen molar-refractivity contribution >= 4 is 0 Å². The maximum absolute atomic E-state index is 5.98. The highest BCUT2D eigenvalue weighted by Gasteiger charge is 2.22. The van der Waals surface area contributed by atoms with E-state index in [0.29, 0.717) is 6.10 Å². The third kappa shape index (κ3) is 2.76. The van der Waals surface area contributed by atoms with Crippen molar-refractivity contribution in [3.8, 4) is 0 Å². The maximum atomic E-state index is 5.98. The van der Waals surface area contributed by atoms with Crippen LogP contribution in [-0.4, -0.2) is 19.7 Å². The predicted octanol–water partition coefficient (Wildman–Crippen LogP) is 3.08. The molecule has 18 heavy (non-hydrogen) atoms. The van der Waals surface area contributed by atoms with Crippen LogP contribution in [0.15, 0.2) is 24.3 Å². The van der Waals surface area contributed by atoms with Crippen molar-refractivity contribution in [3.05, 3.63) is 35.4 Å². The molecule has 0 amide bonds. The number of nitrogens with one attached hydrogen (secondary N) is 1. The molecule has 0 bridgehead atoms. The summed E-state index contributed by atoms with van der Waals surface area (Å²) in [6, 6.07) is 8.80. The minimum atomic E-state index is 0.352. The van der Waals surface area contributed by atoms with Gasteiger partial charge in [0, 0.05) is 0 Å². The lowest BCUT2D eigenvalue weighted by Gasteiger charge is -2.29. The number of fused-ring (bicyclic) bond motifs is 1. The summed E-state index contributed by atoms with van der Waals surface area (Å²) in [6.45, 7) is 3.30. The number of ether oxygens (including phenoxy) is 1. The van der Waals surface area contributed by atoms with Crippen LogP contribution in [-0.2, 0) is 11.2 Å². The SMILES string of the molecule is c1ccc2c(c1)CCOC2CCC1CCNCC1. The summed E-state index contributed by atoms with van der Waals surface area (Å²) in [5, 5.41) is 3.44. The lowest BCUT2D eigenvalue weighted by molar-refractivity contribution is 0.0312. The average Bonchev–Trinajstić information content (AvgIpc) is 2.46. The van der Waals surface area contributed by atoms with Gasteiger partial charge in [0.2, 0.25) is 0 Å². The van der Waals surface area contributed by atoms with Gasteiger partial charge in [0.1, 0.15) is 0 Å². The Morgan fingerprint density at radius 1 is 1.11 bits per heavy atom. The molecule has 1 fully saturated rings. The van der Waals surface area contributed by atoms with E-state index < -0.39 is 0 Å². The molecule has 98 valence electrons. The summed E-state index contributed by atoms with van der Waals surface area (Å²) in [7, 11) is 0. The van der Waals surface area contributed by atoms with Gasteiger partial charge in [-0.2, -0.15) is 0 Å². The highest BCUT2D eigenvalue weighted by molar-refractivity contribution is 5.30. The molecule has 0 aromatic heterocycles. The molecule has 1 unspecified atom stereocenters. The molecule has 3 rings (SSSR count). The van der Waals surface area contributed by atoms with E-state index in [2.05, 4.69) is 29.6 Å². The third-order valence-corrected chi connectivity index (χ3v) is 4.39. The van der Waals surface area contributed by atoms with Gasteiger partial charge in [-0.15, -0.1) is 0 Å². The summed E-state index contributed by atoms with van der Waals surface area (Å²) in [4.78, 5) is 0. The second-order valence-corrected chi connectivity index (χ2v) is 5.58. The lowest BCUT2D eigenvalue weighted by Crippen LogP contribution is -2.28. The first-order valence-electron chi connectivity index (χ1n) is 7.33. The van der Waals surface area contributed by atoms with Crippen molar-refractivity contribution in [2.24, 2.45) is 5.92 Å². The normalized spacial score (nSPS) is 24.8. The van der Waals surface area contributed by atoms with Gasteiger partial charge in [0.25, 0.3) is 0 Å². The summed E-state index contributed by atoms with van der Waals surface area (Å²) >= 11 is 0. The number of rotatable bonds is 3. The Morgan fingerprint density at radius 3 is 2.83 bits per heavy atom.